The van der Waals surface area contributed by atoms with Crippen molar-refractivity contribution in [1.82, 2.24) is 4.98 Å². The quantitative estimate of drug-likeness (QED) is 0.494. The molecular formula is C21H19BrN2O2S. The zero-order valence-electron chi connectivity index (χ0n) is 15.0. The lowest BCUT2D eigenvalue weighted by Gasteiger charge is -2.06. The number of aromatic nitrogens is 1. The van der Waals surface area contributed by atoms with Crippen molar-refractivity contribution < 1.29 is 9.53 Å². The van der Waals surface area contributed by atoms with E-state index in [-0.39, 0.29) is 5.91 Å². The Morgan fingerprint density at radius 1 is 1.26 bits per heavy atom. The van der Waals surface area contributed by atoms with Crippen LogP contribution in [-0.4, -0.2) is 10.9 Å². The van der Waals surface area contributed by atoms with Crippen molar-refractivity contribution in [2.45, 2.75) is 20.5 Å². The largest absolute Gasteiger partial charge is 0.487 e. The van der Waals surface area contributed by atoms with Crippen LogP contribution in [0.5, 0.6) is 5.75 Å². The van der Waals surface area contributed by atoms with Gasteiger partial charge in [-0.15, -0.1) is 11.3 Å². The molecule has 0 atom stereocenters. The lowest BCUT2D eigenvalue weighted by Crippen LogP contribution is -2.08. The molecule has 2 aromatic carbocycles. The van der Waals surface area contributed by atoms with E-state index in [1.165, 1.54) is 6.08 Å². The Kier molecular flexibility index (Phi) is 6.42. The fraction of sp³-hybridized carbons (Fsp3) is 0.143. The lowest BCUT2D eigenvalue weighted by atomic mass is 10.2. The molecule has 3 aromatic rings. The first-order chi connectivity index (χ1) is 13.0. The van der Waals surface area contributed by atoms with Crippen molar-refractivity contribution in [3.8, 4) is 5.75 Å². The molecule has 6 heteroatoms. The minimum absolute atomic E-state index is 0.191. The molecule has 0 aliphatic heterocycles. The van der Waals surface area contributed by atoms with Crippen LogP contribution in [0.1, 0.15) is 21.8 Å². The number of ether oxygens (including phenoxy) is 1. The van der Waals surface area contributed by atoms with E-state index >= 15 is 0 Å². The number of benzene rings is 2. The van der Waals surface area contributed by atoms with Gasteiger partial charge in [0.25, 0.3) is 0 Å². The van der Waals surface area contributed by atoms with E-state index in [0.717, 1.165) is 37.7 Å². The average molecular weight is 443 g/mol. The molecule has 3 rings (SSSR count). The normalized spacial score (nSPS) is 10.9. The zero-order valence-corrected chi connectivity index (χ0v) is 17.4. The number of amides is 1. The molecule has 0 bridgehead atoms. The molecule has 27 heavy (non-hydrogen) atoms. The highest BCUT2D eigenvalue weighted by molar-refractivity contribution is 9.10. The summed E-state index contributed by atoms with van der Waals surface area (Å²) in [5.74, 6) is 0.549. The van der Waals surface area contributed by atoms with E-state index in [2.05, 4.69) is 26.2 Å². The Morgan fingerprint density at radius 2 is 2.11 bits per heavy atom. The first-order valence-corrected chi connectivity index (χ1v) is 10.1. The van der Waals surface area contributed by atoms with Crippen molar-refractivity contribution in [3.05, 3.63) is 80.2 Å². The molecule has 138 valence electrons. The number of carbonyl (C=O) groups is 1. The van der Waals surface area contributed by atoms with Gasteiger partial charge in [-0.1, -0.05) is 18.2 Å². The van der Waals surface area contributed by atoms with E-state index in [4.69, 9.17) is 4.74 Å². The maximum Gasteiger partial charge on any atom is 0.248 e. The van der Waals surface area contributed by atoms with E-state index < -0.39 is 0 Å². The maximum atomic E-state index is 12.2. The van der Waals surface area contributed by atoms with Crippen LogP contribution in [0, 0.1) is 13.8 Å². The summed E-state index contributed by atoms with van der Waals surface area (Å²) in [6, 6.07) is 13.4. The lowest BCUT2D eigenvalue weighted by molar-refractivity contribution is -0.111. The predicted octanol–water partition coefficient (Wildman–Crippen LogP) is 5.75. The minimum Gasteiger partial charge on any atom is -0.487 e. The SMILES string of the molecule is Cc1ccc(NC(=O)/C=C/c2cccc(OCc3csc(C)n3)c2)c(Br)c1. The summed E-state index contributed by atoms with van der Waals surface area (Å²) < 4.78 is 6.64. The number of carbonyl (C=O) groups excluding carboxylic acids is 1. The third kappa shape index (κ3) is 5.77. The molecule has 1 heterocycles. The first-order valence-electron chi connectivity index (χ1n) is 8.39. The Balaban J connectivity index is 1.60. The van der Waals surface area contributed by atoms with Crippen molar-refractivity contribution >= 4 is 44.9 Å². The van der Waals surface area contributed by atoms with Gasteiger partial charge in [-0.05, 0) is 71.2 Å². The minimum atomic E-state index is -0.191. The number of halogens is 1. The second-order valence-electron chi connectivity index (χ2n) is 6.02. The number of nitrogens with one attached hydrogen (secondary N) is 1. The number of anilines is 1. The highest BCUT2D eigenvalue weighted by Gasteiger charge is 2.04. The molecule has 1 amide bonds. The van der Waals surface area contributed by atoms with Crippen LogP contribution in [0.3, 0.4) is 0 Å². The first kappa shape index (κ1) is 19.3. The van der Waals surface area contributed by atoms with Gasteiger partial charge >= 0.3 is 0 Å². The standard InChI is InChI=1S/C21H19BrN2O2S/c1-14-6-8-20(19(22)10-14)24-21(25)9-7-16-4-3-5-18(11-16)26-12-17-13-27-15(2)23-17/h3-11,13H,12H2,1-2H3,(H,24,25)/b9-7+. The second kappa shape index (κ2) is 8.97. The van der Waals surface area contributed by atoms with Crippen LogP contribution in [0.15, 0.2) is 58.4 Å². The zero-order chi connectivity index (χ0) is 19.2. The van der Waals surface area contributed by atoms with E-state index in [1.807, 2.05) is 61.7 Å². The highest BCUT2D eigenvalue weighted by atomic mass is 79.9. The van der Waals surface area contributed by atoms with Crippen molar-refractivity contribution in [2.75, 3.05) is 5.32 Å². The molecule has 0 aliphatic carbocycles. The molecule has 4 nitrogen and oxygen atoms in total. The van der Waals surface area contributed by atoms with Crippen LogP contribution in [0.4, 0.5) is 5.69 Å². The van der Waals surface area contributed by atoms with E-state index in [1.54, 1.807) is 17.4 Å². The van der Waals surface area contributed by atoms with Crippen LogP contribution < -0.4 is 10.1 Å². The Hall–Kier alpha value is -2.44. The van der Waals surface area contributed by atoms with Gasteiger partial charge in [-0.2, -0.15) is 0 Å². The maximum absolute atomic E-state index is 12.2. The van der Waals surface area contributed by atoms with Gasteiger partial charge < -0.3 is 10.1 Å². The monoisotopic (exact) mass is 442 g/mol. The molecule has 0 radical (unpaired) electrons. The third-order valence-electron chi connectivity index (χ3n) is 3.72. The number of thiazole rings is 1. The van der Waals surface area contributed by atoms with E-state index in [0.29, 0.717) is 6.61 Å². The molecular weight excluding hydrogens is 424 g/mol. The number of hydrogen-bond acceptors (Lipinski definition) is 4. The van der Waals surface area contributed by atoms with Gasteiger partial charge in [0.1, 0.15) is 12.4 Å². The van der Waals surface area contributed by atoms with Gasteiger partial charge in [0, 0.05) is 15.9 Å². The topological polar surface area (TPSA) is 51.2 Å². The van der Waals surface area contributed by atoms with Gasteiger partial charge in [-0.25, -0.2) is 4.98 Å². The summed E-state index contributed by atoms with van der Waals surface area (Å²) in [5, 5.41) is 5.88. The smallest absolute Gasteiger partial charge is 0.248 e. The van der Waals surface area contributed by atoms with Crippen LogP contribution in [-0.2, 0) is 11.4 Å². The van der Waals surface area contributed by atoms with Crippen molar-refractivity contribution in [1.29, 1.82) is 0 Å². The number of aryl methyl sites for hydroxylation is 2. The fourth-order valence-corrected chi connectivity index (χ4v) is 3.60. The van der Waals surface area contributed by atoms with Gasteiger partial charge in [0.15, 0.2) is 0 Å². The highest BCUT2D eigenvalue weighted by Crippen LogP contribution is 2.23. The number of rotatable bonds is 6. The summed E-state index contributed by atoms with van der Waals surface area (Å²) in [6.07, 6.45) is 3.27. The molecule has 0 fully saturated rings. The Labute approximate surface area is 171 Å². The van der Waals surface area contributed by atoms with Gasteiger partial charge in [0.2, 0.25) is 5.91 Å². The number of hydrogen-bond donors (Lipinski definition) is 1. The molecule has 0 spiro atoms. The predicted molar refractivity (Wildman–Crippen MR) is 114 cm³/mol. The molecule has 1 aromatic heterocycles. The molecule has 0 unspecified atom stereocenters. The Bertz CT molecular complexity index is 982. The van der Waals surface area contributed by atoms with Crippen LogP contribution in [0.25, 0.3) is 6.08 Å². The Morgan fingerprint density at radius 3 is 2.85 bits per heavy atom. The second-order valence-corrected chi connectivity index (χ2v) is 7.94. The van der Waals surface area contributed by atoms with Crippen molar-refractivity contribution in [3.63, 3.8) is 0 Å². The average Bonchev–Trinajstić information content (AvgIpc) is 3.06. The van der Waals surface area contributed by atoms with E-state index in [9.17, 15) is 4.79 Å². The summed E-state index contributed by atoms with van der Waals surface area (Å²) in [5.41, 5.74) is 3.67. The molecule has 1 N–H and O–H groups in total. The molecule has 0 saturated heterocycles. The summed E-state index contributed by atoms with van der Waals surface area (Å²) in [7, 11) is 0. The third-order valence-corrected chi connectivity index (χ3v) is 5.20. The van der Waals surface area contributed by atoms with Crippen LogP contribution in [0.2, 0.25) is 0 Å². The number of nitrogens with zero attached hydrogens (tertiary/aromatic N) is 1. The van der Waals surface area contributed by atoms with Gasteiger partial charge in [0.05, 0.1) is 16.4 Å². The summed E-state index contributed by atoms with van der Waals surface area (Å²) >= 11 is 5.07. The van der Waals surface area contributed by atoms with Crippen molar-refractivity contribution in [2.24, 2.45) is 0 Å². The van der Waals surface area contributed by atoms with Gasteiger partial charge in [-0.3, -0.25) is 4.79 Å². The molecule has 0 aliphatic rings. The molecule has 0 saturated carbocycles. The fourth-order valence-electron chi connectivity index (χ4n) is 2.41. The summed E-state index contributed by atoms with van der Waals surface area (Å²) in [6.45, 7) is 4.40. The summed E-state index contributed by atoms with van der Waals surface area (Å²) in [4.78, 5) is 16.5. The van der Waals surface area contributed by atoms with Crippen LogP contribution >= 0.6 is 27.3 Å².